The largest absolute Gasteiger partial charge is 0.378 e. The number of nitriles is 1. The molecule has 3 rings (SSSR count). The van der Waals surface area contributed by atoms with Gasteiger partial charge in [-0.2, -0.15) is 5.26 Å². The molecule has 7 heteroatoms. The van der Waals surface area contributed by atoms with Gasteiger partial charge >= 0.3 is 0 Å². The van der Waals surface area contributed by atoms with Gasteiger partial charge in [-0.3, -0.25) is 14.8 Å². The smallest absolute Gasteiger partial charge is 0.185 e. The fourth-order valence-corrected chi connectivity index (χ4v) is 4.04. The zero-order chi connectivity index (χ0) is 20.3. The average molecular weight is 392 g/mol. The number of aromatic nitrogens is 2. The van der Waals surface area contributed by atoms with Gasteiger partial charge in [0.2, 0.25) is 0 Å². The van der Waals surface area contributed by atoms with Gasteiger partial charge in [0.25, 0.3) is 0 Å². The predicted molar refractivity (Wildman–Crippen MR) is 111 cm³/mol. The number of rotatable bonds is 4. The summed E-state index contributed by atoms with van der Waals surface area (Å²) in [5, 5.41) is 9.37. The van der Waals surface area contributed by atoms with E-state index in [2.05, 4.69) is 28.8 Å². The van der Waals surface area contributed by atoms with Crippen LogP contribution in [0.2, 0.25) is 0 Å². The second kappa shape index (κ2) is 7.95. The third kappa shape index (κ3) is 4.29. The number of carbonyl (C=O) groups is 1. The average Bonchev–Trinajstić information content (AvgIpc) is 2.67. The molecule has 0 bridgehead atoms. The minimum Gasteiger partial charge on any atom is -0.378 e. The van der Waals surface area contributed by atoms with E-state index in [4.69, 9.17) is 11.0 Å². The Morgan fingerprint density at radius 2 is 2.11 bits per heavy atom. The quantitative estimate of drug-likeness (QED) is 0.796. The van der Waals surface area contributed by atoms with Gasteiger partial charge in [0.05, 0.1) is 11.3 Å². The van der Waals surface area contributed by atoms with E-state index in [-0.39, 0.29) is 12.2 Å². The van der Waals surface area contributed by atoms with E-state index in [1.807, 2.05) is 25.1 Å². The van der Waals surface area contributed by atoms with E-state index in [1.165, 1.54) is 28.4 Å². The molecule has 0 amide bonds. The number of carbonyl (C=O) groups excluding carboxylic acids is 1. The Hall–Kier alpha value is -2.98. The maximum atomic E-state index is 12.6. The molecule has 0 radical (unpaired) electrons. The lowest BCUT2D eigenvalue weighted by molar-refractivity contribution is 0.0988. The first-order valence-corrected chi connectivity index (χ1v) is 9.66. The summed E-state index contributed by atoms with van der Waals surface area (Å²) in [4.78, 5) is 27.0. The SMILES string of the molecule is CC(C)=C1C[C@@](C)(c2cc(CC(=O)c3ccc(C#N)cn3)ccn2)N=C(N)S1. The highest BCUT2D eigenvalue weighted by atomic mass is 32.2. The molecule has 0 aliphatic carbocycles. The molecule has 1 aliphatic rings. The summed E-state index contributed by atoms with van der Waals surface area (Å²) in [5.41, 5.74) is 9.11. The zero-order valence-electron chi connectivity index (χ0n) is 16.1. The van der Waals surface area contributed by atoms with E-state index in [0.717, 1.165) is 17.7 Å². The first-order chi connectivity index (χ1) is 13.3. The summed E-state index contributed by atoms with van der Waals surface area (Å²) < 4.78 is 0. The van der Waals surface area contributed by atoms with Crippen LogP contribution >= 0.6 is 11.8 Å². The molecule has 6 nitrogen and oxygen atoms in total. The molecule has 2 aromatic heterocycles. The van der Waals surface area contributed by atoms with Crippen LogP contribution in [0.25, 0.3) is 0 Å². The highest BCUT2D eigenvalue weighted by molar-refractivity contribution is 8.17. The van der Waals surface area contributed by atoms with Crippen molar-refractivity contribution in [3.8, 4) is 6.07 Å². The van der Waals surface area contributed by atoms with Crippen molar-refractivity contribution in [1.29, 1.82) is 5.26 Å². The lowest BCUT2D eigenvalue weighted by Crippen LogP contribution is -2.29. The second-order valence-electron chi connectivity index (χ2n) is 7.12. The topological polar surface area (TPSA) is 105 Å². The Morgan fingerprint density at radius 1 is 1.32 bits per heavy atom. The van der Waals surface area contributed by atoms with Crippen molar-refractivity contribution in [2.45, 2.75) is 39.2 Å². The van der Waals surface area contributed by atoms with Gasteiger partial charge in [0.1, 0.15) is 17.3 Å². The Bertz CT molecular complexity index is 1020. The molecule has 0 aromatic carbocycles. The summed E-state index contributed by atoms with van der Waals surface area (Å²) in [7, 11) is 0. The summed E-state index contributed by atoms with van der Waals surface area (Å²) in [6.45, 7) is 6.14. The van der Waals surface area contributed by atoms with Gasteiger partial charge in [-0.05, 0) is 55.5 Å². The second-order valence-corrected chi connectivity index (χ2v) is 8.23. The summed E-state index contributed by atoms with van der Waals surface area (Å²) in [5.74, 6) is -0.112. The van der Waals surface area contributed by atoms with Crippen LogP contribution in [-0.4, -0.2) is 20.9 Å². The van der Waals surface area contributed by atoms with Gasteiger partial charge in [0.15, 0.2) is 11.0 Å². The number of ketones is 1. The molecule has 2 N–H and O–H groups in total. The van der Waals surface area contributed by atoms with Crippen LogP contribution < -0.4 is 5.73 Å². The van der Waals surface area contributed by atoms with Gasteiger partial charge < -0.3 is 5.73 Å². The molecule has 0 unspecified atom stereocenters. The van der Waals surface area contributed by atoms with Crippen molar-refractivity contribution in [2.75, 3.05) is 0 Å². The van der Waals surface area contributed by atoms with Crippen molar-refractivity contribution in [1.82, 2.24) is 9.97 Å². The molecule has 0 fully saturated rings. The summed E-state index contributed by atoms with van der Waals surface area (Å²) in [6, 6.07) is 8.90. The van der Waals surface area contributed by atoms with Crippen molar-refractivity contribution < 1.29 is 4.79 Å². The predicted octanol–water partition coefficient (Wildman–Crippen LogP) is 3.73. The van der Waals surface area contributed by atoms with Crippen LogP contribution in [0.5, 0.6) is 0 Å². The molecule has 142 valence electrons. The minimum atomic E-state index is -0.562. The number of pyridine rings is 2. The molecule has 0 saturated heterocycles. The van der Waals surface area contributed by atoms with Crippen LogP contribution in [-0.2, 0) is 12.0 Å². The number of thioether (sulfide) groups is 1. The van der Waals surface area contributed by atoms with E-state index < -0.39 is 5.54 Å². The molecule has 28 heavy (non-hydrogen) atoms. The molecular weight excluding hydrogens is 370 g/mol. The lowest BCUT2D eigenvalue weighted by Gasteiger charge is -2.31. The monoisotopic (exact) mass is 391 g/mol. The number of nitrogens with two attached hydrogens (primary N) is 1. The standard InChI is InChI=1S/C21H21N5OS/c1-13(2)18-10-21(3,26-20(23)28-18)19-9-14(6-7-24-19)8-17(27)16-5-4-15(11-22)12-25-16/h4-7,9,12H,8,10H2,1-3H3,(H2,23,26)/t21-/m0/s1. The number of allylic oxidation sites excluding steroid dienone is 1. The number of amidine groups is 1. The maximum absolute atomic E-state index is 12.6. The normalized spacial score (nSPS) is 18.9. The third-order valence-corrected chi connectivity index (χ3v) is 5.67. The van der Waals surface area contributed by atoms with Gasteiger partial charge in [-0.15, -0.1) is 0 Å². The fourth-order valence-electron chi connectivity index (χ4n) is 2.99. The molecule has 0 saturated carbocycles. The number of nitrogens with zero attached hydrogens (tertiary/aromatic N) is 4. The Balaban J connectivity index is 1.86. The van der Waals surface area contributed by atoms with E-state index >= 15 is 0 Å². The molecule has 1 aliphatic heterocycles. The maximum Gasteiger partial charge on any atom is 0.185 e. The molecule has 3 heterocycles. The highest BCUT2D eigenvalue weighted by Crippen LogP contribution is 2.41. The van der Waals surface area contributed by atoms with Crippen LogP contribution in [0.3, 0.4) is 0 Å². The summed E-state index contributed by atoms with van der Waals surface area (Å²) in [6.07, 6.45) is 4.03. The molecule has 1 atom stereocenters. The van der Waals surface area contributed by atoms with Gasteiger partial charge in [-0.1, -0.05) is 17.3 Å². The fraction of sp³-hybridized carbons (Fsp3) is 0.286. The third-order valence-electron chi connectivity index (χ3n) is 4.57. The van der Waals surface area contributed by atoms with E-state index in [1.54, 1.807) is 18.3 Å². The Morgan fingerprint density at radius 3 is 2.75 bits per heavy atom. The van der Waals surface area contributed by atoms with Crippen LogP contribution in [0.4, 0.5) is 0 Å². The zero-order valence-corrected chi connectivity index (χ0v) is 16.9. The van der Waals surface area contributed by atoms with Crippen LogP contribution in [0, 0.1) is 11.3 Å². The first kappa shape index (κ1) is 19.8. The van der Waals surface area contributed by atoms with Crippen LogP contribution in [0.15, 0.2) is 52.1 Å². The number of aliphatic imine (C=N–C) groups is 1. The van der Waals surface area contributed by atoms with Gasteiger partial charge in [0, 0.05) is 25.2 Å². The van der Waals surface area contributed by atoms with E-state index in [9.17, 15) is 4.79 Å². The number of hydrogen-bond donors (Lipinski definition) is 1. The molecule has 0 spiro atoms. The molecular formula is C21H21N5OS. The first-order valence-electron chi connectivity index (χ1n) is 8.85. The van der Waals surface area contributed by atoms with Crippen molar-refractivity contribution in [3.05, 3.63) is 69.7 Å². The highest BCUT2D eigenvalue weighted by Gasteiger charge is 2.34. The molecule has 2 aromatic rings. The Kier molecular flexibility index (Phi) is 5.61. The van der Waals surface area contributed by atoms with E-state index in [0.29, 0.717) is 16.4 Å². The number of Topliss-reactive ketones (excluding diaryl/α,β-unsaturated/α-hetero) is 1. The number of hydrogen-bond acceptors (Lipinski definition) is 7. The van der Waals surface area contributed by atoms with Crippen molar-refractivity contribution >= 4 is 22.7 Å². The minimum absolute atomic E-state index is 0.112. The lowest BCUT2D eigenvalue weighted by atomic mass is 9.91. The summed E-state index contributed by atoms with van der Waals surface area (Å²) >= 11 is 1.50. The van der Waals surface area contributed by atoms with Gasteiger partial charge in [-0.25, -0.2) is 4.99 Å². The van der Waals surface area contributed by atoms with Crippen molar-refractivity contribution in [3.63, 3.8) is 0 Å². The van der Waals surface area contributed by atoms with Crippen molar-refractivity contribution in [2.24, 2.45) is 10.7 Å². The Labute approximate surface area is 168 Å². The van der Waals surface area contributed by atoms with Crippen LogP contribution in [0.1, 0.15) is 54.5 Å².